The van der Waals surface area contributed by atoms with Gasteiger partial charge in [0, 0.05) is 30.5 Å². The average Bonchev–Trinajstić information content (AvgIpc) is 3.32. The molecule has 2 amide bonds. The molecule has 6 nitrogen and oxygen atoms in total. The molecule has 1 aromatic heterocycles. The van der Waals surface area contributed by atoms with E-state index in [1.54, 1.807) is 11.8 Å². The van der Waals surface area contributed by atoms with Gasteiger partial charge in [0.1, 0.15) is 6.04 Å². The molecule has 126 valence electrons. The molecule has 1 aliphatic carbocycles. The molecule has 1 atom stereocenters. The lowest BCUT2D eigenvalue weighted by Crippen LogP contribution is -2.50. The van der Waals surface area contributed by atoms with E-state index in [1.165, 1.54) is 12.8 Å². The van der Waals surface area contributed by atoms with Gasteiger partial charge in [-0.2, -0.15) is 0 Å². The van der Waals surface area contributed by atoms with Gasteiger partial charge in [0.15, 0.2) is 0 Å². The molecule has 0 aromatic carbocycles. The van der Waals surface area contributed by atoms with E-state index in [-0.39, 0.29) is 11.8 Å². The normalized spacial score (nSPS) is 19.5. The van der Waals surface area contributed by atoms with Crippen LogP contribution < -0.4 is 5.32 Å². The Bertz CT molecular complexity index is 613. The highest BCUT2D eigenvalue weighted by molar-refractivity contribution is 5.98. The zero-order chi connectivity index (χ0) is 16.6. The lowest BCUT2D eigenvalue weighted by molar-refractivity contribution is -0.136. The number of carbonyl (C=O) groups is 2. The van der Waals surface area contributed by atoms with Gasteiger partial charge in [0.25, 0.3) is 5.91 Å². The fourth-order valence-corrected chi connectivity index (χ4v) is 3.30. The SMILES string of the molecule is Cc1cc(C(=O)N[C@@H](C)C(=O)N2CCOCC2)c(C)n1C1CC1. The van der Waals surface area contributed by atoms with Crippen LogP contribution in [0.25, 0.3) is 0 Å². The highest BCUT2D eigenvalue weighted by atomic mass is 16.5. The predicted molar refractivity (Wildman–Crippen MR) is 86.5 cm³/mol. The molecule has 2 fully saturated rings. The van der Waals surface area contributed by atoms with Gasteiger partial charge in [0.2, 0.25) is 5.91 Å². The molecule has 2 heterocycles. The summed E-state index contributed by atoms with van der Waals surface area (Å²) >= 11 is 0. The van der Waals surface area contributed by atoms with Crippen molar-refractivity contribution >= 4 is 11.8 Å². The number of carbonyl (C=O) groups excluding carboxylic acids is 2. The maximum absolute atomic E-state index is 12.6. The van der Waals surface area contributed by atoms with Crippen molar-refractivity contribution in [3.8, 4) is 0 Å². The van der Waals surface area contributed by atoms with Crippen LogP contribution in [0.4, 0.5) is 0 Å². The summed E-state index contributed by atoms with van der Waals surface area (Å²) in [5, 5.41) is 2.85. The number of ether oxygens (including phenoxy) is 1. The number of rotatable bonds is 4. The van der Waals surface area contributed by atoms with E-state index >= 15 is 0 Å². The summed E-state index contributed by atoms with van der Waals surface area (Å²) in [4.78, 5) is 26.7. The smallest absolute Gasteiger partial charge is 0.253 e. The van der Waals surface area contributed by atoms with Crippen LogP contribution in [0.15, 0.2) is 6.07 Å². The number of nitrogens with zero attached hydrogens (tertiary/aromatic N) is 2. The first kappa shape index (κ1) is 16.1. The first-order chi connectivity index (χ1) is 11.0. The van der Waals surface area contributed by atoms with Crippen molar-refractivity contribution in [1.82, 2.24) is 14.8 Å². The molecule has 0 bridgehead atoms. The molecule has 1 N–H and O–H groups in total. The van der Waals surface area contributed by atoms with Crippen LogP contribution in [0.3, 0.4) is 0 Å². The zero-order valence-electron chi connectivity index (χ0n) is 14.1. The van der Waals surface area contributed by atoms with Crippen LogP contribution in [-0.2, 0) is 9.53 Å². The van der Waals surface area contributed by atoms with Crippen molar-refractivity contribution in [1.29, 1.82) is 0 Å². The molecule has 0 spiro atoms. The Labute approximate surface area is 136 Å². The number of hydrogen-bond acceptors (Lipinski definition) is 3. The van der Waals surface area contributed by atoms with E-state index in [0.29, 0.717) is 37.9 Å². The number of nitrogens with one attached hydrogen (secondary N) is 1. The van der Waals surface area contributed by atoms with Crippen LogP contribution in [-0.4, -0.2) is 53.6 Å². The topological polar surface area (TPSA) is 63.6 Å². The molecule has 2 aliphatic rings. The van der Waals surface area contributed by atoms with Crippen molar-refractivity contribution in [2.75, 3.05) is 26.3 Å². The van der Waals surface area contributed by atoms with Crippen molar-refractivity contribution < 1.29 is 14.3 Å². The summed E-state index contributed by atoms with van der Waals surface area (Å²) in [5.41, 5.74) is 2.78. The minimum atomic E-state index is -0.524. The minimum Gasteiger partial charge on any atom is -0.378 e. The molecule has 1 saturated carbocycles. The fraction of sp³-hybridized carbons (Fsp3) is 0.647. The van der Waals surface area contributed by atoms with Gasteiger partial charge in [-0.3, -0.25) is 9.59 Å². The molecule has 23 heavy (non-hydrogen) atoms. The van der Waals surface area contributed by atoms with Crippen LogP contribution >= 0.6 is 0 Å². The Balaban J connectivity index is 1.66. The zero-order valence-corrected chi connectivity index (χ0v) is 14.1. The largest absolute Gasteiger partial charge is 0.378 e. The third-order valence-electron chi connectivity index (χ3n) is 4.68. The van der Waals surface area contributed by atoms with Crippen LogP contribution in [0.5, 0.6) is 0 Å². The van der Waals surface area contributed by atoms with Gasteiger partial charge in [0.05, 0.1) is 18.8 Å². The predicted octanol–water partition coefficient (Wildman–Crippen LogP) is 1.42. The van der Waals surface area contributed by atoms with Gasteiger partial charge in [-0.25, -0.2) is 0 Å². The second-order valence-corrected chi connectivity index (χ2v) is 6.52. The number of aromatic nitrogens is 1. The average molecular weight is 319 g/mol. The summed E-state index contributed by atoms with van der Waals surface area (Å²) in [7, 11) is 0. The summed E-state index contributed by atoms with van der Waals surface area (Å²) in [6, 6.07) is 1.95. The van der Waals surface area contributed by atoms with Gasteiger partial charge in [-0.1, -0.05) is 0 Å². The maximum Gasteiger partial charge on any atom is 0.253 e. The molecular weight excluding hydrogens is 294 g/mol. The summed E-state index contributed by atoms with van der Waals surface area (Å²) in [6.45, 7) is 8.07. The van der Waals surface area contributed by atoms with E-state index in [1.807, 2.05) is 19.9 Å². The van der Waals surface area contributed by atoms with Gasteiger partial charge >= 0.3 is 0 Å². The maximum atomic E-state index is 12.6. The highest BCUT2D eigenvalue weighted by Crippen LogP contribution is 2.38. The number of morpholine rings is 1. The van der Waals surface area contributed by atoms with Crippen LogP contribution in [0.2, 0.25) is 0 Å². The standard InChI is InChI=1S/C17H25N3O3/c1-11-10-15(13(3)20(11)14-4-5-14)16(21)18-12(2)17(22)19-6-8-23-9-7-19/h10,12,14H,4-9H2,1-3H3,(H,18,21)/t12-/m0/s1. The molecule has 1 aliphatic heterocycles. The number of hydrogen-bond donors (Lipinski definition) is 1. The highest BCUT2D eigenvalue weighted by Gasteiger charge is 2.29. The summed E-state index contributed by atoms with van der Waals surface area (Å²) < 4.78 is 7.50. The molecule has 3 rings (SSSR count). The molecule has 0 radical (unpaired) electrons. The van der Waals surface area contributed by atoms with Gasteiger partial charge < -0.3 is 19.5 Å². The van der Waals surface area contributed by atoms with E-state index in [4.69, 9.17) is 4.74 Å². The van der Waals surface area contributed by atoms with Gasteiger partial charge in [-0.15, -0.1) is 0 Å². The molecule has 6 heteroatoms. The van der Waals surface area contributed by atoms with Crippen LogP contribution in [0, 0.1) is 13.8 Å². The van der Waals surface area contributed by atoms with E-state index in [0.717, 1.165) is 11.4 Å². The summed E-state index contributed by atoms with van der Waals surface area (Å²) in [6.07, 6.45) is 2.37. The van der Waals surface area contributed by atoms with E-state index < -0.39 is 6.04 Å². The Morgan fingerprint density at radius 3 is 2.52 bits per heavy atom. The lowest BCUT2D eigenvalue weighted by Gasteiger charge is -2.29. The first-order valence-electron chi connectivity index (χ1n) is 8.35. The number of aryl methyl sites for hydroxylation is 1. The molecule has 1 aromatic rings. The van der Waals surface area contributed by atoms with Crippen molar-refractivity contribution in [2.45, 2.75) is 45.7 Å². The van der Waals surface area contributed by atoms with E-state index in [2.05, 4.69) is 9.88 Å². The Morgan fingerprint density at radius 2 is 1.91 bits per heavy atom. The molecule has 0 unspecified atom stereocenters. The Kier molecular flexibility index (Phi) is 4.43. The Hall–Kier alpha value is -1.82. The third-order valence-corrected chi connectivity index (χ3v) is 4.68. The van der Waals surface area contributed by atoms with E-state index in [9.17, 15) is 9.59 Å². The lowest BCUT2D eigenvalue weighted by atomic mass is 10.2. The first-order valence-corrected chi connectivity index (χ1v) is 8.35. The van der Waals surface area contributed by atoms with Gasteiger partial charge in [-0.05, 0) is 39.7 Å². The molecular formula is C17H25N3O3. The minimum absolute atomic E-state index is 0.0438. The molecule has 1 saturated heterocycles. The van der Waals surface area contributed by atoms with Crippen molar-refractivity contribution in [3.05, 3.63) is 23.0 Å². The third kappa shape index (κ3) is 3.27. The number of amides is 2. The fourth-order valence-electron chi connectivity index (χ4n) is 3.30. The second kappa shape index (κ2) is 6.35. The van der Waals surface area contributed by atoms with Crippen LogP contribution in [0.1, 0.15) is 47.6 Å². The monoisotopic (exact) mass is 319 g/mol. The Morgan fingerprint density at radius 1 is 1.26 bits per heavy atom. The van der Waals surface area contributed by atoms with Crippen molar-refractivity contribution in [3.63, 3.8) is 0 Å². The quantitative estimate of drug-likeness (QED) is 0.913. The summed E-state index contributed by atoms with van der Waals surface area (Å²) in [5.74, 6) is -0.211. The second-order valence-electron chi connectivity index (χ2n) is 6.52. The van der Waals surface area contributed by atoms with Crippen molar-refractivity contribution in [2.24, 2.45) is 0 Å².